The second kappa shape index (κ2) is 4.90. The van der Waals surface area contributed by atoms with Crippen LogP contribution in [0.3, 0.4) is 0 Å². The molecule has 0 fully saturated rings. The van der Waals surface area contributed by atoms with Gasteiger partial charge in [0, 0.05) is 9.86 Å². The zero-order valence-electron chi connectivity index (χ0n) is 8.80. The van der Waals surface area contributed by atoms with Crippen LogP contribution in [0.4, 0.5) is 18.9 Å². The maximum absolute atomic E-state index is 12.4. The summed E-state index contributed by atoms with van der Waals surface area (Å²) in [6.45, 7) is 0. The maximum atomic E-state index is 12.4. The van der Waals surface area contributed by atoms with Crippen molar-refractivity contribution in [3.63, 3.8) is 0 Å². The normalized spacial score (nSPS) is 13.1. The van der Waals surface area contributed by atoms with E-state index in [0.717, 1.165) is 5.39 Å². The van der Waals surface area contributed by atoms with Gasteiger partial charge < -0.3 is 0 Å². The molecule has 18 heavy (non-hydrogen) atoms. The van der Waals surface area contributed by atoms with E-state index >= 15 is 0 Å². The number of benzene rings is 2. The molecular formula is C12H6BrClF3N. The lowest BCUT2D eigenvalue weighted by atomic mass is 10.1. The first kappa shape index (κ1) is 13.4. The Kier molecular flexibility index (Phi) is 3.64. The summed E-state index contributed by atoms with van der Waals surface area (Å²) in [5.74, 6) is 0. The molecule has 0 aliphatic rings. The molecule has 0 aromatic heterocycles. The van der Waals surface area contributed by atoms with Gasteiger partial charge in [0.25, 0.3) is 0 Å². The Labute approximate surface area is 114 Å². The van der Waals surface area contributed by atoms with E-state index in [2.05, 4.69) is 20.9 Å². The molecule has 0 saturated carbocycles. The Balaban J connectivity index is 2.66. The van der Waals surface area contributed by atoms with Crippen molar-refractivity contribution in [2.45, 2.75) is 6.18 Å². The molecule has 0 radical (unpaired) electrons. The molecule has 2 aromatic carbocycles. The van der Waals surface area contributed by atoms with Gasteiger partial charge in [-0.15, -0.1) is 0 Å². The molecule has 0 spiro atoms. The molecule has 1 nitrogen and oxygen atoms in total. The lowest BCUT2D eigenvalue weighted by Crippen LogP contribution is -2.16. The Hall–Kier alpha value is -1.07. The van der Waals surface area contributed by atoms with Gasteiger partial charge in [-0.1, -0.05) is 51.8 Å². The number of alkyl halides is 3. The molecule has 6 heteroatoms. The summed E-state index contributed by atoms with van der Waals surface area (Å²) in [6, 6.07) is 10.2. The van der Waals surface area contributed by atoms with Gasteiger partial charge in [0.1, 0.15) is 0 Å². The summed E-state index contributed by atoms with van der Waals surface area (Å²) in [6.07, 6.45) is -4.63. The summed E-state index contributed by atoms with van der Waals surface area (Å²) >= 11 is 8.45. The largest absolute Gasteiger partial charge is 0.444 e. The van der Waals surface area contributed by atoms with Crippen molar-refractivity contribution in [3.05, 3.63) is 40.9 Å². The zero-order chi connectivity index (χ0) is 13.3. The number of hydrogen-bond acceptors (Lipinski definition) is 1. The predicted octanol–water partition coefficient (Wildman–Crippen LogP) is 5.43. The standard InChI is InChI=1S/C12H6BrClF3N/c13-8-5-1-3-7-4-2-6-9(10(7)8)18-11(14)12(15,16)17/h1-6H. The minimum absolute atomic E-state index is 0.183. The monoisotopic (exact) mass is 335 g/mol. The number of aliphatic imine (C=N–C) groups is 1. The Morgan fingerprint density at radius 2 is 1.72 bits per heavy atom. The van der Waals surface area contributed by atoms with Crippen molar-refractivity contribution in [2.24, 2.45) is 4.99 Å². The van der Waals surface area contributed by atoms with Crippen molar-refractivity contribution in [3.8, 4) is 0 Å². The second-order valence-corrected chi connectivity index (χ2v) is 4.73. The second-order valence-electron chi connectivity index (χ2n) is 3.52. The topological polar surface area (TPSA) is 12.4 Å². The highest BCUT2D eigenvalue weighted by Gasteiger charge is 2.34. The molecule has 0 unspecified atom stereocenters. The Morgan fingerprint density at radius 3 is 2.33 bits per heavy atom. The number of hydrogen-bond donors (Lipinski definition) is 0. The van der Waals surface area contributed by atoms with Crippen LogP contribution in [-0.2, 0) is 0 Å². The minimum atomic E-state index is -4.63. The molecule has 0 bridgehead atoms. The fourth-order valence-corrected chi connectivity index (χ4v) is 2.21. The van der Waals surface area contributed by atoms with Crippen LogP contribution < -0.4 is 0 Å². The van der Waals surface area contributed by atoms with Gasteiger partial charge in [0.15, 0.2) is 0 Å². The van der Waals surface area contributed by atoms with E-state index < -0.39 is 11.3 Å². The Bertz CT molecular complexity index is 617. The molecule has 0 heterocycles. The molecule has 0 atom stereocenters. The molecule has 0 aliphatic carbocycles. The van der Waals surface area contributed by atoms with E-state index in [4.69, 9.17) is 11.6 Å². The van der Waals surface area contributed by atoms with Crippen LogP contribution in [-0.4, -0.2) is 11.3 Å². The van der Waals surface area contributed by atoms with E-state index in [1.165, 1.54) is 6.07 Å². The van der Waals surface area contributed by atoms with Gasteiger partial charge in [-0.2, -0.15) is 13.2 Å². The lowest BCUT2D eigenvalue weighted by molar-refractivity contribution is -0.0558. The van der Waals surface area contributed by atoms with Crippen LogP contribution in [0.5, 0.6) is 0 Å². The predicted molar refractivity (Wildman–Crippen MR) is 70.7 cm³/mol. The maximum Gasteiger partial charge on any atom is 0.444 e. The van der Waals surface area contributed by atoms with Crippen molar-refractivity contribution in [2.75, 3.05) is 0 Å². The Morgan fingerprint density at radius 1 is 1.11 bits per heavy atom. The van der Waals surface area contributed by atoms with E-state index in [1.54, 1.807) is 30.3 Å². The van der Waals surface area contributed by atoms with E-state index in [9.17, 15) is 13.2 Å². The lowest BCUT2D eigenvalue weighted by Gasteiger charge is -2.07. The molecule has 0 N–H and O–H groups in total. The van der Waals surface area contributed by atoms with E-state index in [0.29, 0.717) is 9.86 Å². The average molecular weight is 337 g/mol. The van der Waals surface area contributed by atoms with Crippen LogP contribution in [0.25, 0.3) is 10.8 Å². The average Bonchev–Trinajstić information content (AvgIpc) is 2.28. The minimum Gasteiger partial charge on any atom is -0.232 e. The van der Waals surface area contributed by atoms with Crippen LogP contribution in [0.2, 0.25) is 0 Å². The van der Waals surface area contributed by atoms with Gasteiger partial charge >= 0.3 is 6.18 Å². The molecule has 0 aliphatic heterocycles. The zero-order valence-corrected chi connectivity index (χ0v) is 11.1. The van der Waals surface area contributed by atoms with Gasteiger partial charge in [-0.25, -0.2) is 4.99 Å². The highest BCUT2D eigenvalue weighted by molar-refractivity contribution is 9.10. The fourth-order valence-electron chi connectivity index (χ4n) is 1.54. The van der Waals surface area contributed by atoms with Gasteiger partial charge in [-0.05, 0) is 17.5 Å². The van der Waals surface area contributed by atoms with Crippen molar-refractivity contribution >= 4 is 49.2 Å². The van der Waals surface area contributed by atoms with Crippen LogP contribution in [0.15, 0.2) is 45.9 Å². The first-order valence-electron chi connectivity index (χ1n) is 4.88. The summed E-state index contributed by atoms with van der Waals surface area (Å²) in [5.41, 5.74) is 0.183. The van der Waals surface area contributed by atoms with Gasteiger partial charge in [0.2, 0.25) is 5.17 Å². The molecule has 0 amide bonds. The fraction of sp³-hybridized carbons (Fsp3) is 0.0833. The first-order chi connectivity index (χ1) is 8.39. The highest BCUT2D eigenvalue weighted by atomic mass is 79.9. The van der Waals surface area contributed by atoms with Crippen LogP contribution in [0, 0.1) is 0 Å². The molecule has 94 valence electrons. The molecular weight excluding hydrogens is 330 g/mol. The van der Waals surface area contributed by atoms with Crippen molar-refractivity contribution in [1.82, 2.24) is 0 Å². The SMILES string of the molecule is FC(F)(F)C(Cl)=Nc1cccc2cccc(Br)c12. The first-order valence-corrected chi connectivity index (χ1v) is 6.05. The van der Waals surface area contributed by atoms with Gasteiger partial charge in [0.05, 0.1) is 5.69 Å². The quantitative estimate of drug-likeness (QED) is 0.615. The number of fused-ring (bicyclic) bond motifs is 1. The van der Waals surface area contributed by atoms with Crippen LogP contribution in [0.1, 0.15) is 0 Å². The van der Waals surface area contributed by atoms with Crippen molar-refractivity contribution in [1.29, 1.82) is 0 Å². The third-order valence-corrected chi connectivity index (χ3v) is 3.24. The van der Waals surface area contributed by atoms with Gasteiger partial charge in [-0.3, -0.25) is 0 Å². The smallest absolute Gasteiger partial charge is 0.232 e. The number of nitrogens with zero attached hydrogens (tertiary/aromatic N) is 1. The third kappa shape index (κ3) is 2.67. The third-order valence-electron chi connectivity index (χ3n) is 2.28. The molecule has 2 aromatic rings. The van der Waals surface area contributed by atoms with Crippen LogP contribution >= 0.6 is 27.5 Å². The number of halogens is 5. The number of rotatable bonds is 1. The van der Waals surface area contributed by atoms with Crippen molar-refractivity contribution < 1.29 is 13.2 Å². The molecule has 2 rings (SSSR count). The molecule has 0 saturated heterocycles. The van der Waals surface area contributed by atoms with E-state index in [-0.39, 0.29) is 5.69 Å². The summed E-state index contributed by atoms with van der Waals surface area (Å²) in [4.78, 5) is 3.45. The van der Waals surface area contributed by atoms with E-state index in [1.807, 2.05) is 0 Å². The summed E-state index contributed by atoms with van der Waals surface area (Å²) in [5, 5.41) is 0.00502. The summed E-state index contributed by atoms with van der Waals surface area (Å²) < 4.78 is 37.8. The highest BCUT2D eigenvalue weighted by Crippen LogP contribution is 2.34. The summed E-state index contributed by atoms with van der Waals surface area (Å²) in [7, 11) is 0.